The van der Waals surface area contributed by atoms with Gasteiger partial charge >= 0.3 is 0 Å². The monoisotopic (exact) mass is 91.1 g/mol. The van der Waals surface area contributed by atoms with E-state index in [9.17, 15) is 0 Å². The maximum Gasteiger partial charge on any atom is 0.0660 e. The molecule has 0 bridgehead atoms. The molecule has 0 aliphatic heterocycles. The minimum Gasteiger partial charge on any atom is -0.392 e. The summed E-state index contributed by atoms with van der Waals surface area (Å²) in [6.45, 7) is 3.44. The average molecular weight is 91.2 g/mol. The Balaban J connectivity index is 0. The molecule has 6 heavy (non-hydrogen) atoms. The largest absolute Gasteiger partial charge is 0.392 e. The van der Waals surface area contributed by atoms with Crippen LogP contribution in [0.5, 0.6) is 0 Å². The smallest absolute Gasteiger partial charge is 0.0660 e. The van der Waals surface area contributed by atoms with Crippen LogP contribution in [0.15, 0.2) is 0 Å². The highest BCUT2D eigenvalue weighted by molar-refractivity contribution is 4.57. The van der Waals surface area contributed by atoms with Crippen molar-refractivity contribution in [3.63, 3.8) is 0 Å². The van der Waals surface area contributed by atoms with E-state index in [0.29, 0.717) is 0 Å². The van der Waals surface area contributed by atoms with Gasteiger partial charge in [-0.2, -0.15) is 0 Å². The summed E-state index contributed by atoms with van der Waals surface area (Å²) in [5.74, 6) is 0. The molecule has 0 spiro atoms. The van der Waals surface area contributed by atoms with Gasteiger partial charge < -0.3 is 10.8 Å². The van der Waals surface area contributed by atoms with Crippen LogP contribution in [0.1, 0.15) is 15.3 Å². The summed E-state index contributed by atoms with van der Waals surface area (Å²) >= 11 is 0. The third-order valence-corrected chi connectivity index (χ3v) is 0.761. The minimum atomic E-state index is -0.370. The Labute approximate surface area is 39.5 Å². The topological polar surface area (TPSA) is 46.2 Å². The lowest BCUT2D eigenvalue weighted by molar-refractivity contribution is 0.170. The van der Waals surface area contributed by atoms with E-state index in [-0.39, 0.29) is 13.6 Å². The van der Waals surface area contributed by atoms with Crippen LogP contribution in [0.25, 0.3) is 0 Å². The van der Waals surface area contributed by atoms with Gasteiger partial charge in [0, 0.05) is 7.47 Å². The third-order valence-electron chi connectivity index (χ3n) is 0.761. The summed E-state index contributed by atoms with van der Waals surface area (Å²) in [4.78, 5) is 0. The summed E-state index contributed by atoms with van der Waals surface area (Å²) in [5, 5.41) is 8.50. The van der Waals surface area contributed by atoms with Gasteiger partial charge in [0.1, 0.15) is 0 Å². The van der Waals surface area contributed by atoms with E-state index in [1.807, 2.05) is 0 Å². The van der Waals surface area contributed by atoms with Crippen molar-refractivity contribution in [2.45, 2.75) is 26.0 Å². The molecule has 0 aliphatic rings. The van der Waals surface area contributed by atoms with Gasteiger partial charge in [-0.15, -0.1) is 0 Å². The predicted molar refractivity (Wildman–Crippen MR) is 27.4 cm³/mol. The summed E-state index contributed by atoms with van der Waals surface area (Å²) in [6.07, 6.45) is -0.370. The Morgan fingerprint density at radius 1 is 1.67 bits per heavy atom. The molecule has 0 radical (unpaired) electrons. The number of hydrogen-bond donors (Lipinski definition) is 2. The second-order valence-corrected chi connectivity index (χ2v) is 1.60. The highest BCUT2D eigenvalue weighted by Crippen LogP contribution is 1.81. The molecule has 2 atom stereocenters. The molecule has 2 heteroatoms. The maximum absolute atomic E-state index is 8.50. The van der Waals surface area contributed by atoms with Crippen molar-refractivity contribution < 1.29 is 6.53 Å². The fourth-order valence-electron chi connectivity index (χ4n) is 0. The van der Waals surface area contributed by atoms with Crippen molar-refractivity contribution in [1.82, 2.24) is 0 Å². The number of nitrogens with two attached hydrogens (primary N) is 1. The first kappa shape index (κ1) is 5.92. The third kappa shape index (κ3) is 2.18. The maximum atomic E-state index is 8.50. The molecule has 3 N–H and O–H groups in total. The minimum absolute atomic E-state index is 0. The Hall–Kier alpha value is -0.0800. The second kappa shape index (κ2) is 2.16. The van der Waals surface area contributed by atoms with Crippen LogP contribution >= 0.6 is 0 Å². The zero-order valence-corrected chi connectivity index (χ0v) is 4.18. The second-order valence-electron chi connectivity index (χ2n) is 1.60. The van der Waals surface area contributed by atoms with E-state index < -0.39 is 0 Å². The number of hydrogen-bond acceptors (Lipinski definition) is 2. The SMILES string of the molecule is CC(N)[C@H](C)O.[HH]. The normalized spacial score (nSPS) is 20.0. The molecule has 0 saturated carbocycles. The van der Waals surface area contributed by atoms with Crippen LogP contribution in [0, 0.1) is 0 Å². The molecule has 0 aromatic carbocycles. The zero-order chi connectivity index (χ0) is 5.15. The van der Waals surface area contributed by atoms with Gasteiger partial charge in [0.2, 0.25) is 0 Å². The molecular formula is C4H13NO. The van der Waals surface area contributed by atoms with Gasteiger partial charge in [-0.05, 0) is 13.8 Å². The van der Waals surface area contributed by atoms with Gasteiger partial charge in [-0.1, -0.05) is 0 Å². The lowest BCUT2D eigenvalue weighted by Crippen LogP contribution is -2.28. The van der Waals surface area contributed by atoms with Crippen LogP contribution in [-0.2, 0) is 0 Å². The standard InChI is InChI=1S/C4H11NO.H2/c1-3(5)4(2)6;/h3-4,6H,5H2,1-2H3;1H/t3?,4-;/m0./s1. The molecule has 0 saturated heterocycles. The molecule has 0 heterocycles. The first-order valence-corrected chi connectivity index (χ1v) is 2.08. The quantitative estimate of drug-likeness (QED) is 0.475. The fourth-order valence-corrected chi connectivity index (χ4v) is 0. The van der Waals surface area contributed by atoms with Crippen molar-refractivity contribution in [2.75, 3.05) is 0 Å². The van der Waals surface area contributed by atoms with E-state index in [0.717, 1.165) is 0 Å². The summed E-state index contributed by atoms with van der Waals surface area (Å²) in [7, 11) is 0. The lowest BCUT2D eigenvalue weighted by atomic mass is 10.2. The highest BCUT2D eigenvalue weighted by Gasteiger charge is 1.97. The van der Waals surface area contributed by atoms with Gasteiger partial charge in [0.05, 0.1) is 6.10 Å². The summed E-state index contributed by atoms with van der Waals surface area (Å²) < 4.78 is 0. The molecule has 0 amide bonds. The zero-order valence-electron chi connectivity index (χ0n) is 4.18. The molecule has 0 aromatic rings. The van der Waals surface area contributed by atoms with Crippen molar-refractivity contribution in [3.8, 4) is 0 Å². The van der Waals surface area contributed by atoms with Crippen LogP contribution in [0.2, 0.25) is 0 Å². The van der Waals surface area contributed by atoms with Gasteiger partial charge in [0.25, 0.3) is 0 Å². The first-order valence-electron chi connectivity index (χ1n) is 2.08. The summed E-state index contributed by atoms with van der Waals surface area (Å²) in [6, 6.07) is -0.0926. The van der Waals surface area contributed by atoms with E-state index in [1.54, 1.807) is 13.8 Å². The molecule has 1 unspecified atom stereocenters. The predicted octanol–water partition coefficient (Wildman–Crippen LogP) is -0.0396. The Morgan fingerprint density at radius 2 is 1.83 bits per heavy atom. The fraction of sp³-hybridized carbons (Fsp3) is 1.00. The molecule has 0 aromatic heterocycles. The first-order chi connectivity index (χ1) is 2.64. The van der Waals surface area contributed by atoms with Gasteiger partial charge in [-0.25, -0.2) is 0 Å². The lowest BCUT2D eigenvalue weighted by Gasteiger charge is -2.04. The number of rotatable bonds is 1. The Morgan fingerprint density at radius 3 is 1.83 bits per heavy atom. The van der Waals surface area contributed by atoms with Gasteiger partial charge in [0.15, 0.2) is 0 Å². The highest BCUT2D eigenvalue weighted by atomic mass is 16.3. The number of aliphatic hydroxyl groups excluding tert-OH is 1. The average Bonchev–Trinajstić information content (AvgIpc) is 1.36. The van der Waals surface area contributed by atoms with Gasteiger partial charge in [-0.3, -0.25) is 0 Å². The van der Waals surface area contributed by atoms with Crippen molar-refractivity contribution >= 4 is 0 Å². The van der Waals surface area contributed by atoms with Crippen LogP contribution in [-0.4, -0.2) is 17.3 Å². The van der Waals surface area contributed by atoms with Crippen LogP contribution < -0.4 is 5.73 Å². The van der Waals surface area contributed by atoms with E-state index >= 15 is 0 Å². The van der Waals surface area contributed by atoms with Crippen molar-refractivity contribution in [1.29, 1.82) is 0 Å². The van der Waals surface area contributed by atoms with Crippen molar-refractivity contribution in [3.05, 3.63) is 0 Å². The Kier molecular flexibility index (Phi) is 2.13. The van der Waals surface area contributed by atoms with E-state index in [1.165, 1.54) is 0 Å². The molecule has 0 fully saturated rings. The molecule has 2 nitrogen and oxygen atoms in total. The van der Waals surface area contributed by atoms with E-state index in [4.69, 9.17) is 10.8 Å². The molecular weight excluding hydrogens is 78.0 g/mol. The summed E-state index contributed by atoms with van der Waals surface area (Å²) in [5.41, 5.74) is 5.19. The van der Waals surface area contributed by atoms with Crippen LogP contribution in [0.3, 0.4) is 0 Å². The van der Waals surface area contributed by atoms with Crippen molar-refractivity contribution in [2.24, 2.45) is 5.73 Å². The molecule has 40 valence electrons. The molecule has 0 rings (SSSR count). The van der Waals surface area contributed by atoms with E-state index in [2.05, 4.69) is 0 Å². The molecule has 0 aliphatic carbocycles. The van der Waals surface area contributed by atoms with Crippen LogP contribution in [0.4, 0.5) is 0 Å². The number of aliphatic hydroxyl groups is 1. The Bertz CT molecular complexity index is 32.7.